The van der Waals surface area contributed by atoms with E-state index in [2.05, 4.69) is 15.6 Å². The monoisotopic (exact) mass is 297 g/mol. The van der Waals surface area contributed by atoms with Gasteiger partial charge in [0.05, 0.1) is 5.54 Å². The van der Waals surface area contributed by atoms with Crippen LogP contribution >= 0.6 is 11.3 Å². The number of nitrogens with one attached hydrogen (secondary N) is 2. The zero-order valence-electron chi connectivity index (χ0n) is 12.4. The van der Waals surface area contributed by atoms with Crippen molar-refractivity contribution in [2.24, 2.45) is 0 Å². The molecule has 1 aliphatic carbocycles. The fourth-order valence-corrected chi connectivity index (χ4v) is 2.80. The highest BCUT2D eigenvalue weighted by molar-refractivity contribution is 7.09. The van der Waals surface area contributed by atoms with Crippen LogP contribution in [0.3, 0.4) is 0 Å². The standard InChI is InChI=1S/C14H23N3O2S/c1-13(2,3)19-12(18)17-14(5-4-6-14)10-15-9-11-16-7-8-20-11/h7-8,15H,4-6,9-10H2,1-3H3,(H,17,18). The summed E-state index contributed by atoms with van der Waals surface area (Å²) in [4.78, 5) is 16.1. The van der Waals surface area contributed by atoms with E-state index in [1.54, 1.807) is 17.5 Å². The predicted molar refractivity (Wildman–Crippen MR) is 79.8 cm³/mol. The Bertz CT molecular complexity index is 436. The van der Waals surface area contributed by atoms with E-state index in [0.29, 0.717) is 0 Å². The van der Waals surface area contributed by atoms with E-state index < -0.39 is 5.60 Å². The van der Waals surface area contributed by atoms with Gasteiger partial charge < -0.3 is 15.4 Å². The first-order chi connectivity index (χ1) is 9.39. The quantitative estimate of drug-likeness (QED) is 0.877. The molecule has 0 aliphatic heterocycles. The second kappa shape index (κ2) is 6.10. The fraction of sp³-hybridized carbons (Fsp3) is 0.714. The van der Waals surface area contributed by atoms with Gasteiger partial charge in [0.25, 0.3) is 0 Å². The van der Waals surface area contributed by atoms with E-state index in [1.165, 1.54) is 0 Å². The van der Waals surface area contributed by atoms with E-state index >= 15 is 0 Å². The van der Waals surface area contributed by atoms with E-state index in [4.69, 9.17) is 4.74 Å². The molecule has 112 valence electrons. The highest BCUT2D eigenvalue weighted by Gasteiger charge is 2.39. The Morgan fingerprint density at radius 1 is 1.50 bits per heavy atom. The molecular weight excluding hydrogens is 274 g/mol. The Morgan fingerprint density at radius 2 is 2.25 bits per heavy atom. The van der Waals surface area contributed by atoms with Crippen molar-refractivity contribution in [3.8, 4) is 0 Å². The summed E-state index contributed by atoms with van der Waals surface area (Å²) in [6, 6.07) is 0. The SMILES string of the molecule is CC(C)(C)OC(=O)NC1(CNCc2nccs2)CCC1. The minimum atomic E-state index is -0.455. The molecule has 1 saturated carbocycles. The van der Waals surface area contributed by atoms with Gasteiger partial charge in [0.2, 0.25) is 0 Å². The summed E-state index contributed by atoms with van der Waals surface area (Å²) in [6.07, 6.45) is 4.62. The molecular formula is C14H23N3O2S. The van der Waals surface area contributed by atoms with Gasteiger partial charge in [0.1, 0.15) is 10.6 Å². The predicted octanol–water partition coefficient (Wildman–Crippen LogP) is 2.68. The van der Waals surface area contributed by atoms with Crippen molar-refractivity contribution >= 4 is 17.4 Å². The zero-order valence-corrected chi connectivity index (χ0v) is 13.2. The summed E-state index contributed by atoms with van der Waals surface area (Å²) in [5, 5.41) is 9.44. The van der Waals surface area contributed by atoms with Gasteiger partial charge in [-0.1, -0.05) is 0 Å². The minimum Gasteiger partial charge on any atom is -0.444 e. The molecule has 20 heavy (non-hydrogen) atoms. The Balaban J connectivity index is 1.78. The molecule has 1 aliphatic rings. The van der Waals surface area contributed by atoms with Crippen LogP contribution in [0.25, 0.3) is 0 Å². The summed E-state index contributed by atoms with van der Waals surface area (Å²) in [5.74, 6) is 0. The van der Waals surface area contributed by atoms with E-state index in [-0.39, 0.29) is 11.6 Å². The first-order valence-corrected chi connectivity index (χ1v) is 7.87. The molecule has 1 aromatic rings. The molecule has 0 bridgehead atoms. The Morgan fingerprint density at radius 3 is 2.75 bits per heavy atom. The van der Waals surface area contributed by atoms with Gasteiger partial charge in [0.15, 0.2) is 0 Å². The smallest absolute Gasteiger partial charge is 0.408 e. The molecule has 2 N–H and O–H groups in total. The lowest BCUT2D eigenvalue weighted by Crippen LogP contribution is -2.59. The van der Waals surface area contributed by atoms with E-state index in [1.807, 2.05) is 26.2 Å². The highest BCUT2D eigenvalue weighted by atomic mass is 32.1. The number of alkyl carbamates (subject to hydrolysis) is 1. The molecule has 1 amide bonds. The number of aromatic nitrogens is 1. The largest absolute Gasteiger partial charge is 0.444 e. The van der Waals surface area contributed by atoms with Crippen molar-refractivity contribution in [3.63, 3.8) is 0 Å². The molecule has 0 unspecified atom stereocenters. The summed E-state index contributed by atoms with van der Waals surface area (Å²) >= 11 is 1.64. The summed E-state index contributed by atoms with van der Waals surface area (Å²) < 4.78 is 5.33. The van der Waals surface area contributed by atoms with Gasteiger partial charge in [-0.3, -0.25) is 0 Å². The van der Waals surface area contributed by atoms with Crippen LogP contribution in [-0.2, 0) is 11.3 Å². The number of carbonyl (C=O) groups excluding carboxylic acids is 1. The normalized spacial score (nSPS) is 17.4. The molecule has 1 heterocycles. The van der Waals surface area contributed by atoms with Crippen LogP contribution in [0, 0.1) is 0 Å². The lowest BCUT2D eigenvalue weighted by Gasteiger charge is -2.42. The van der Waals surface area contributed by atoms with Crippen LogP contribution in [0.1, 0.15) is 45.0 Å². The van der Waals surface area contributed by atoms with Gasteiger partial charge in [-0.15, -0.1) is 11.3 Å². The molecule has 2 rings (SSSR count). The number of ether oxygens (including phenoxy) is 1. The van der Waals surface area contributed by atoms with E-state index in [9.17, 15) is 4.79 Å². The van der Waals surface area contributed by atoms with Gasteiger partial charge in [-0.05, 0) is 40.0 Å². The number of rotatable bonds is 5. The van der Waals surface area contributed by atoms with Crippen molar-refractivity contribution in [3.05, 3.63) is 16.6 Å². The van der Waals surface area contributed by atoms with Crippen molar-refractivity contribution in [1.82, 2.24) is 15.6 Å². The topological polar surface area (TPSA) is 63.2 Å². The molecule has 0 radical (unpaired) electrons. The van der Waals surface area contributed by atoms with Crippen LogP contribution in [0.4, 0.5) is 4.79 Å². The van der Waals surface area contributed by atoms with Gasteiger partial charge >= 0.3 is 6.09 Å². The van der Waals surface area contributed by atoms with Gasteiger partial charge in [0, 0.05) is 24.7 Å². The van der Waals surface area contributed by atoms with E-state index in [0.717, 1.165) is 37.4 Å². The van der Waals surface area contributed by atoms with Crippen molar-refractivity contribution in [2.45, 2.75) is 57.7 Å². The summed E-state index contributed by atoms with van der Waals surface area (Å²) in [5.41, 5.74) is -0.608. The number of hydrogen-bond acceptors (Lipinski definition) is 5. The third-order valence-corrected chi connectivity index (χ3v) is 4.08. The van der Waals surface area contributed by atoms with Gasteiger partial charge in [-0.25, -0.2) is 9.78 Å². The number of amides is 1. The molecule has 1 aromatic heterocycles. The molecule has 5 nitrogen and oxygen atoms in total. The highest BCUT2D eigenvalue weighted by Crippen LogP contribution is 2.31. The fourth-order valence-electron chi connectivity index (χ4n) is 2.22. The zero-order chi connectivity index (χ0) is 14.6. The first-order valence-electron chi connectivity index (χ1n) is 6.99. The third kappa shape index (κ3) is 4.45. The van der Waals surface area contributed by atoms with Crippen LogP contribution < -0.4 is 10.6 Å². The van der Waals surface area contributed by atoms with Crippen LogP contribution in [0.5, 0.6) is 0 Å². The van der Waals surface area contributed by atoms with Crippen molar-refractivity contribution in [1.29, 1.82) is 0 Å². The Hall–Kier alpha value is -1.14. The maximum Gasteiger partial charge on any atom is 0.408 e. The van der Waals surface area contributed by atoms with Crippen LogP contribution in [0.2, 0.25) is 0 Å². The molecule has 0 atom stereocenters. The minimum absolute atomic E-state index is 0.153. The first kappa shape index (κ1) is 15.3. The maximum atomic E-state index is 11.9. The van der Waals surface area contributed by atoms with Crippen LogP contribution in [0.15, 0.2) is 11.6 Å². The number of hydrogen-bond donors (Lipinski definition) is 2. The lowest BCUT2D eigenvalue weighted by atomic mass is 9.77. The molecule has 6 heteroatoms. The maximum absolute atomic E-state index is 11.9. The lowest BCUT2D eigenvalue weighted by molar-refractivity contribution is 0.0382. The average molecular weight is 297 g/mol. The average Bonchev–Trinajstić information content (AvgIpc) is 2.75. The Kier molecular flexibility index (Phi) is 4.65. The number of thiazole rings is 1. The van der Waals surface area contributed by atoms with Crippen molar-refractivity contribution < 1.29 is 9.53 Å². The number of carbonyl (C=O) groups is 1. The molecule has 0 spiro atoms. The summed E-state index contributed by atoms with van der Waals surface area (Å²) in [6.45, 7) is 7.13. The molecule has 0 saturated heterocycles. The summed E-state index contributed by atoms with van der Waals surface area (Å²) in [7, 11) is 0. The Labute approximate surface area is 124 Å². The van der Waals surface area contributed by atoms with Gasteiger partial charge in [-0.2, -0.15) is 0 Å². The second-order valence-electron chi connectivity index (χ2n) is 6.29. The van der Waals surface area contributed by atoms with Crippen LogP contribution in [-0.4, -0.2) is 28.8 Å². The number of nitrogens with zero attached hydrogens (tertiary/aromatic N) is 1. The van der Waals surface area contributed by atoms with Crippen molar-refractivity contribution in [2.75, 3.05) is 6.54 Å². The third-order valence-electron chi connectivity index (χ3n) is 3.30. The second-order valence-corrected chi connectivity index (χ2v) is 7.27. The molecule has 1 fully saturated rings. The molecule has 0 aromatic carbocycles.